The number of esters is 1. The molecule has 20 heavy (non-hydrogen) atoms. The Morgan fingerprint density at radius 2 is 2.05 bits per heavy atom. The van der Waals surface area contributed by atoms with Gasteiger partial charge in [-0.05, 0) is 29.8 Å². The van der Waals surface area contributed by atoms with Crippen LogP contribution in [0, 0.1) is 0 Å². The lowest BCUT2D eigenvalue weighted by molar-refractivity contribution is 0.0558. The van der Waals surface area contributed by atoms with Crippen molar-refractivity contribution < 1.29 is 28.5 Å². The molecule has 0 fully saturated rings. The lowest BCUT2D eigenvalue weighted by atomic mass is 10.1. The fraction of sp³-hybridized carbons (Fsp3) is 0.214. The smallest absolute Gasteiger partial charge is 0.373 e. The van der Waals surface area contributed by atoms with Gasteiger partial charge >= 0.3 is 5.97 Å². The number of ether oxygens (including phenoxy) is 3. The maximum absolute atomic E-state index is 11.3. The molecule has 1 unspecified atom stereocenters. The SMILES string of the molecule is COC(=O)c1ccc(C(O)c2ccc3c(c2)OCO3)o1. The summed E-state index contributed by atoms with van der Waals surface area (Å²) in [6.07, 6.45) is -0.997. The van der Waals surface area contributed by atoms with Crippen molar-refractivity contribution in [3.63, 3.8) is 0 Å². The van der Waals surface area contributed by atoms with Crippen molar-refractivity contribution in [2.45, 2.75) is 6.10 Å². The molecule has 2 aromatic rings. The van der Waals surface area contributed by atoms with E-state index >= 15 is 0 Å². The summed E-state index contributed by atoms with van der Waals surface area (Å²) in [5.41, 5.74) is 0.583. The Labute approximate surface area is 114 Å². The van der Waals surface area contributed by atoms with Crippen LogP contribution in [0.5, 0.6) is 11.5 Å². The Balaban J connectivity index is 1.86. The van der Waals surface area contributed by atoms with Crippen LogP contribution in [0.1, 0.15) is 28.0 Å². The van der Waals surface area contributed by atoms with Crippen molar-refractivity contribution in [1.29, 1.82) is 0 Å². The summed E-state index contributed by atoms with van der Waals surface area (Å²) in [4.78, 5) is 11.3. The van der Waals surface area contributed by atoms with Crippen LogP contribution in [0.4, 0.5) is 0 Å². The van der Waals surface area contributed by atoms with Gasteiger partial charge in [0.1, 0.15) is 11.9 Å². The van der Waals surface area contributed by atoms with Crippen molar-refractivity contribution >= 4 is 5.97 Å². The van der Waals surface area contributed by atoms with Crippen molar-refractivity contribution in [2.75, 3.05) is 13.9 Å². The highest BCUT2D eigenvalue weighted by Crippen LogP contribution is 2.35. The van der Waals surface area contributed by atoms with E-state index in [9.17, 15) is 9.90 Å². The standard InChI is InChI=1S/C14H12O6/c1-17-14(16)11-5-4-10(20-11)13(15)8-2-3-9-12(6-8)19-7-18-9/h2-6,13,15H,7H2,1H3. The molecule has 0 spiro atoms. The van der Waals surface area contributed by atoms with Crippen LogP contribution in [0.15, 0.2) is 34.7 Å². The third-order valence-corrected chi connectivity index (χ3v) is 3.00. The van der Waals surface area contributed by atoms with Crippen molar-refractivity contribution in [3.05, 3.63) is 47.4 Å². The number of hydrogen-bond donors (Lipinski definition) is 1. The zero-order chi connectivity index (χ0) is 14.1. The van der Waals surface area contributed by atoms with E-state index in [2.05, 4.69) is 4.74 Å². The number of carbonyl (C=O) groups excluding carboxylic acids is 1. The molecule has 1 aromatic carbocycles. The maximum Gasteiger partial charge on any atom is 0.373 e. The van der Waals surface area contributed by atoms with Crippen LogP contribution < -0.4 is 9.47 Å². The average molecular weight is 276 g/mol. The van der Waals surface area contributed by atoms with Gasteiger partial charge in [-0.3, -0.25) is 0 Å². The van der Waals surface area contributed by atoms with Crippen molar-refractivity contribution in [2.24, 2.45) is 0 Å². The maximum atomic E-state index is 11.3. The Kier molecular flexibility index (Phi) is 3.08. The van der Waals surface area contributed by atoms with E-state index in [1.165, 1.54) is 19.2 Å². The minimum absolute atomic E-state index is 0.0438. The molecule has 0 amide bonds. The fourth-order valence-electron chi connectivity index (χ4n) is 1.96. The van der Waals surface area contributed by atoms with E-state index in [1.54, 1.807) is 18.2 Å². The van der Waals surface area contributed by atoms with E-state index in [1.807, 2.05) is 0 Å². The molecule has 1 aliphatic heterocycles. The zero-order valence-electron chi connectivity index (χ0n) is 10.7. The Morgan fingerprint density at radius 1 is 1.25 bits per heavy atom. The number of benzene rings is 1. The quantitative estimate of drug-likeness (QED) is 0.862. The lowest BCUT2D eigenvalue weighted by Gasteiger charge is -2.08. The molecule has 6 nitrogen and oxygen atoms in total. The molecule has 2 heterocycles. The van der Waals surface area contributed by atoms with Crippen molar-refractivity contribution in [1.82, 2.24) is 0 Å². The van der Waals surface area contributed by atoms with Gasteiger partial charge in [-0.25, -0.2) is 4.79 Å². The summed E-state index contributed by atoms with van der Waals surface area (Å²) in [5, 5.41) is 10.2. The topological polar surface area (TPSA) is 78.1 Å². The lowest BCUT2D eigenvalue weighted by Crippen LogP contribution is -2.00. The number of carbonyl (C=O) groups is 1. The summed E-state index contributed by atoms with van der Waals surface area (Å²) >= 11 is 0. The molecule has 0 radical (unpaired) electrons. The van der Waals surface area contributed by atoms with Gasteiger partial charge in [-0.15, -0.1) is 0 Å². The first-order valence-electron chi connectivity index (χ1n) is 5.94. The number of aliphatic hydroxyl groups excluding tert-OH is 1. The second-order valence-corrected chi connectivity index (χ2v) is 4.21. The fourth-order valence-corrected chi connectivity index (χ4v) is 1.96. The summed E-state index contributed by atoms with van der Waals surface area (Å²) in [6, 6.07) is 8.08. The van der Waals surface area contributed by atoms with E-state index < -0.39 is 12.1 Å². The summed E-state index contributed by atoms with van der Waals surface area (Å²) < 4.78 is 20.3. The summed E-state index contributed by atoms with van der Waals surface area (Å²) in [5.74, 6) is 0.914. The first-order valence-corrected chi connectivity index (χ1v) is 5.94. The first kappa shape index (κ1) is 12.6. The van der Waals surface area contributed by atoms with Gasteiger partial charge in [0.05, 0.1) is 7.11 Å². The highest BCUT2D eigenvalue weighted by molar-refractivity contribution is 5.86. The molecule has 1 N–H and O–H groups in total. The highest BCUT2D eigenvalue weighted by Gasteiger charge is 2.21. The van der Waals surface area contributed by atoms with Crippen LogP contribution >= 0.6 is 0 Å². The van der Waals surface area contributed by atoms with Gasteiger partial charge in [0, 0.05) is 0 Å². The van der Waals surface area contributed by atoms with E-state index in [4.69, 9.17) is 13.9 Å². The monoisotopic (exact) mass is 276 g/mol. The van der Waals surface area contributed by atoms with Crippen LogP contribution in [0.3, 0.4) is 0 Å². The number of fused-ring (bicyclic) bond motifs is 1. The minimum atomic E-state index is -0.997. The second-order valence-electron chi connectivity index (χ2n) is 4.21. The Bertz CT molecular complexity index is 645. The molecule has 0 saturated heterocycles. The molecule has 0 aliphatic carbocycles. The summed E-state index contributed by atoms with van der Waals surface area (Å²) in [6.45, 7) is 0.169. The Morgan fingerprint density at radius 3 is 2.85 bits per heavy atom. The first-order chi connectivity index (χ1) is 9.69. The van der Waals surface area contributed by atoms with Gasteiger partial charge in [0.2, 0.25) is 12.6 Å². The van der Waals surface area contributed by atoms with Crippen LogP contribution in [-0.2, 0) is 4.74 Å². The average Bonchev–Trinajstić information content (AvgIpc) is 3.13. The second kappa shape index (κ2) is 4.90. The van der Waals surface area contributed by atoms with Crippen LogP contribution in [0.25, 0.3) is 0 Å². The molecular weight excluding hydrogens is 264 g/mol. The molecule has 3 rings (SSSR count). The van der Waals surface area contributed by atoms with Gasteiger partial charge in [0.15, 0.2) is 11.5 Å². The third kappa shape index (κ3) is 2.10. The van der Waals surface area contributed by atoms with Gasteiger partial charge in [-0.1, -0.05) is 6.07 Å². The van der Waals surface area contributed by atoms with Crippen LogP contribution in [-0.4, -0.2) is 25.0 Å². The van der Waals surface area contributed by atoms with Gasteiger partial charge in [-0.2, -0.15) is 0 Å². The molecular formula is C14H12O6. The van der Waals surface area contributed by atoms with E-state index in [0.29, 0.717) is 17.1 Å². The van der Waals surface area contributed by atoms with E-state index in [-0.39, 0.29) is 18.3 Å². The highest BCUT2D eigenvalue weighted by atomic mass is 16.7. The molecule has 1 aromatic heterocycles. The molecule has 1 atom stereocenters. The normalized spacial score (nSPS) is 14.1. The number of furan rings is 1. The van der Waals surface area contributed by atoms with Gasteiger partial charge < -0.3 is 23.7 Å². The predicted molar refractivity (Wildman–Crippen MR) is 66.7 cm³/mol. The molecule has 0 bridgehead atoms. The Hall–Kier alpha value is -2.47. The van der Waals surface area contributed by atoms with Gasteiger partial charge in [0.25, 0.3) is 0 Å². The van der Waals surface area contributed by atoms with E-state index in [0.717, 1.165) is 0 Å². The zero-order valence-corrected chi connectivity index (χ0v) is 10.7. The molecule has 104 valence electrons. The minimum Gasteiger partial charge on any atom is -0.463 e. The summed E-state index contributed by atoms with van der Waals surface area (Å²) in [7, 11) is 1.26. The molecule has 0 saturated carbocycles. The predicted octanol–water partition coefficient (Wildman–Crippen LogP) is 1.88. The molecule has 6 heteroatoms. The number of aliphatic hydroxyl groups is 1. The largest absolute Gasteiger partial charge is 0.463 e. The number of rotatable bonds is 3. The number of methoxy groups -OCH3 is 1. The van der Waals surface area contributed by atoms with Crippen molar-refractivity contribution in [3.8, 4) is 11.5 Å². The number of hydrogen-bond acceptors (Lipinski definition) is 6. The molecule has 1 aliphatic rings. The van der Waals surface area contributed by atoms with Crippen LogP contribution in [0.2, 0.25) is 0 Å². The third-order valence-electron chi connectivity index (χ3n) is 3.00.